The van der Waals surface area contributed by atoms with E-state index in [1.807, 2.05) is 29.2 Å². The van der Waals surface area contributed by atoms with E-state index in [0.717, 1.165) is 30.7 Å². The van der Waals surface area contributed by atoms with Crippen LogP contribution in [0.2, 0.25) is 0 Å². The van der Waals surface area contributed by atoms with Crippen LogP contribution in [0.4, 0.5) is 0 Å². The van der Waals surface area contributed by atoms with E-state index in [2.05, 4.69) is 4.98 Å². The Kier molecular flexibility index (Phi) is 5.18. The van der Waals surface area contributed by atoms with Crippen molar-refractivity contribution in [2.75, 3.05) is 12.3 Å². The molecule has 1 fully saturated rings. The van der Waals surface area contributed by atoms with Crippen LogP contribution in [0.1, 0.15) is 30.0 Å². The molecule has 1 aliphatic heterocycles. The second-order valence-corrected chi connectivity index (χ2v) is 6.67. The molecule has 0 aliphatic carbocycles. The average Bonchev–Trinajstić information content (AvgIpc) is 3.06. The number of thioether (sulfide) groups is 1. The van der Waals surface area contributed by atoms with Gasteiger partial charge in [0.2, 0.25) is 5.91 Å². The Morgan fingerprint density at radius 3 is 2.70 bits per heavy atom. The van der Waals surface area contributed by atoms with Crippen LogP contribution in [0.3, 0.4) is 0 Å². The molecule has 2 aromatic rings. The zero-order valence-corrected chi connectivity index (χ0v) is 13.7. The number of likely N-dealkylation sites (tertiary alicyclic amines) is 1. The van der Waals surface area contributed by atoms with Gasteiger partial charge >= 0.3 is 0 Å². The third-order valence-corrected chi connectivity index (χ3v) is 5.08. The average molecular weight is 328 g/mol. The lowest BCUT2D eigenvalue weighted by Gasteiger charge is -2.25. The molecule has 1 aromatic carbocycles. The Morgan fingerprint density at radius 2 is 1.96 bits per heavy atom. The summed E-state index contributed by atoms with van der Waals surface area (Å²) < 4.78 is 0. The topological polar surface area (TPSA) is 53.4 Å². The van der Waals surface area contributed by atoms with Crippen molar-refractivity contribution in [1.82, 2.24) is 9.88 Å². The first kappa shape index (κ1) is 15.9. The Balaban J connectivity index is 1.56. The normalized spacial score (nSPS) is 17.4. The summed E-state index contributed by atoms with van der Waals surface area (Å²) in [6, 6.07) is 11.3. The number of pyridine rings is 1. The molecule has 1 atom stereocenters. The molecular formula is C18H20N2O2S. The summed E-state index contributed by atoms with van der Waals surface area (Å²) in [5.74, 6) is 1.78. The molecule has 1 unspecified atom stereocenters. The summed E-state index contributed by atoms with van der Waals surface area (Å²) >= 11 is 1.64. The summed E-state index contributed by atoms with van der Waals surface area (Å²) in [5.41, 5.74) is 2.29. The van der Waals surface area contributed by atoms with E-state index in [1.165, 1.54) is 5.56 Å². The first-order chi connectivity index (χ1) is 11.2. The van der Waals surface area contributed by atoms with Crippen molar-refractivity contribution >= 4 is 17.7 Å². The smallest absolute Gasteiger partial charge is 0.233 e. The van der Waals surface area contributed by atoms with E-state index in [1.54, 1.807) is 36.3 Å². The van der Waals surface area contributed by atoms with Crippen LogP contribution in [-0.2, 0) is 10.5 Å². The van der Waals surface area contributed by atoms with Gasteiger partial charge in [0, 0.05) is 24.7 Å². The van der Waals surface area contributed by atoms with Crippen molar-refractivity contribution in [3.05, 3.63) is 59.9 Å². The van der Waals surface area contributed by atoms with E-state index >= 15 is 0 Å². The first-order valence-electron chi connectivity index (χ1n) is 7.79. The number of amides is 1. The fourth-order valence-corrected chi connectivity index (χ4v) is 3.80. The molecule has 1 aromatic heterocycles. The molecule has 0 bridgehead atoms. The monoisotopic (exact) mass is 328 g/mol. The number of hydrogen-bond acceptors (Lipinski definition) is 4. The Bertz CT molecular complexity index is 646. The van der Waals surface area contributed by atoms with Gasteiger partial charge in [-0.25, -0.2) is 0 Å². The molecule has 23 heavy (non-hydrogen) atoms. The largest absolute Gasteiger partial charge is 0.508 e. The Labute approximate surface area is 140 Å². The third-order valence-electron chi connectivity index (χ3n) is 4.09. The van der Waals surface area contributed by atoms with Crippen LogP contribution in [-0.4, -0.2) is 33.2 Å². The summed E-state index contributed by atoms with van der Waals surface area (Å²) in [4.78, 5) is 18.5. The predicted molar refractivity (Wildman–Crippen MR) is 92.2 cm³/mol. The van der Waals surface area contributed by atoms with Gasteiger partial charge in [-0.05, 0) is 48.2 Å². The quantitative estimate of drug-likeness (QED) is 0.914. The molecule has 4 nitrogen and oxygen atoms in total. The van der Waals surface area contributed by atoms with Gasteiger partial charge < -0.3 is 10.0 Å². The van der Waals surface area contributed by atoms with Crippen LogP contribution in [0, 0.1) is 0 Å². The summed E-state index contributed by atoms with van der Waals surface area (Å²) in [7, 11) is 0. The molecule has 0 saturated carbocycles. The van der Waals surface area contributed by atoms with Gasteiger partial charge in [-0.1, -0.05) is 12.1 Å². The maximum Gasteiger partial charge on any atom is 0.233 e. The van der Waals surface area contributed by atoms with Gasteiger partial charge in [-0.3, -0.25) is 9.78 Å². The summed E-state index contributed by atoms with van der Waals surface area (Å²) in [5, 5.41) is 9.41. The minimum Gasteiger partial charge on any atom is -0.508 e. The van der Waals surface area contributed by atoms with Crippen LogP contribution >= 0.6 is 11.8 Å². The van der Waals surface area contributed by atoms with E-state index in [9.17, 15) is 9.90 Å². The number of nitrogens with zero attached hydrogens (tertiary/aromatic N) is 2. The van der Waals surface area contributed by atoms with Gasteiger partial charge in [-0.2, -0.15) is 0 Å². The SMILES string of the molecule is O=C(CSCc1ccncc1)N1CCCC1c1ccc(O)cc1. The highest BCUT2D eigenvalue weighted by Crippen LogP contribution is 2.33. The molecule has 120 valence electrons. The third kappa shape index (κ3) is 4.05. The lowest BCUT2D eigenvalue weighted by molar-refractivity contribution is -0.129. The lowest BCUT2D eigenvalue weighted by atomic mass is 10.0. The Hall–Kier alpha value is -2.01. The summed E-state index contributed by atoms with van der Waals surface area (Å²) in [6.45, 7) is 0.820. The van der Waals surface area contributed by atoms with Crippen LogP contribution in [0.5, 0.6) is 5.75 Å². The molecule has 0 radical (unpaired) electrons. The van der Waals surface area contributed by atoms with Gasteiger partial charge in [0.05, 0.1) is 11.8 Å². The van der Waals surface area contributed by atoms with Crippen LogP contribution in [0.15, 0.2) is 48.8 Å². The fourth-order valence-electron chi connectivity index (χ4n) is 2.93. The molecule has 1 saturated heterocycles. The second-order valence-electron chi connectivity index (χ2n) is 5.68. The minimum absolute atomic E-state index is 0.143. The lowest BCUT2D eigenvalue weighted by Crippen LogP contribution is -2.32. The van der Waals surface area contributed by atoms with E-state index in [-0.39, 0.29) is 17.7 Å². The summed E-state index contributed by atoms with van der Waals surface area (Å²) in [6.07, 6.45) is 5.58. The van der Waals surface area contributed by atoms with Crippen LogP contribution in [0.25, 0.3) is 0 Å². The number of aromatic hydroxyl groups is 1. The molecule has 3 rings (SSSR count). The highest BCUT2D eigenvalue weighted by atomic mass is 32.2. The van der Waals surface area contributed by atoms with Crippen molar-refractivity contribution in [1.29, 1.82) is 0 Å². The number of carbonyl (C=O) groups is 1. The number of benzene rings is 1. The van der Waals surface area contributed by atoms with Crippen molar-refractivity contribution in [2.24, 2.45) is 0 Å². The molecular weight excluding hydrogens is 308 g/mol. The Morgan fingerprint density at radius 1 is 1.22 bits per heavy atom. The zero-order chi connectivity index (χ0) is 16.1. The molecule has 1 amide bonds. The van der Waals surface area contributed by atoms with E-state index in [0.29, 0.717) is 5.75 Å². The van der Waals surface area contributed by atoms with Crippen LogP contribution < -0.4 is 0 Å². The van der Waals surface area contributed by atoms with Crippen molar-refractivity contribution in [2.45, 2.75) is 24.6 Å². The predicted octanol–water partition coefficient (Wildman–Crippen LogP) is 3.38. The number of phenolic OH excluding ortho intramolecular Hbond substituents is 1. The first-order valence-corrected chi connectivity index (χ1v) is 8.94. The fraction of sp³-hybridized carbons (Fsp3) is 0.333. The van der Waals surface area contributed by atoms with E-state index in [4.69, 9.17) is 0 Å². The van der Waals surface area contributed by atoms with Crippen molar-refractivity contribution in [3.63, 3.8) is 0 Å². The highest BCUT2D eigenvalue weighted by Gasteiger charge is 2.29. The van der Waals surface area contributed by atoms with Gasteiger partial charge in [0.1, 0.15) is 5.75 Å². The molecule has 0 spiro atoms. The zero-order valence-electron chi connectivity index (χ0n) is 12.9. The number of carbonyl (C=O) groups excluding carboxylic acids is 1. The van der Waals surface area contributed by atoms with Crippen molar-refractivity contribution in [3.8, 4) is 5.75 Å². The highest BCUT2D eigenvalue weighted by molar-refractivity contribution is 7.99. The number of aromatic nitrogens is 1. The molecule has 5 heteroatoms. The van der Waals surface area contributed by atoms with Crippen molar-refractivity contribution < 1.29 is 9.90 Å². The number of phenols is 1. The molecule has 2 heterocycles. The minimum atomic E-state index is 0.143. The molecule has 1 N–H and O–H groups in total. The van der Waals surface area contributed by atoms with Gasteiger partial charge in [-0.15, -0.1) is 11.8 Å². The number of hydrogen-bond donors (Lipinski definition) is 1. The second kappa shape index (κ2) is 7.51. The van der Waals surface area contributed by atoms with E-state index < -0.39 is 0 Å². The maximum atomic E-state index is 12.5. The standard InChI is InChI=1S/C18H20N2O2S/c21-16-5-3-15(4-6-16)17-2-1-11-20(17)18(22)13-23-12-14-7-9-19-10-8-14/h3-10,17,21H,1-2,11-13H2. The van der Waals surface area contributed by atoms with Gasteiger partial charge in [0.15, 0.2) is 0 Å². The maximum absolute atomic E-state index is 12.5. The van der Waals surface area contributed by atoms with Gasteiger partial charge in [0.25, 0.3) is 0 Å². The molecule has 1 aliphatic rings. The number of rotatable bonds is 5.